The second-order valence-electron chi connectivity index (χ2n) is 6.69. The van der Waals surface area contributed by atoms with Crippen molar-refractivity contribution in [3.63, 3.8) is 0 Å². The molecule has 4 nitrogen and oxygen atoms in total. The molecule has 1 heterocycles. The van der Waals surface area contributed by atoms with Gasteiger partial charge >= 0.3 is 0 Å². The maximum Gasteiger partial charge on any atom is 0.174 e. The van der Waals surface area contributed by atoms with Crippen molar-refractivity contribution in [2.45, 2.75) is 26.7 Å². The van der Waals surface area contributed by atoms with E-state index in [1.165, 1.54) is 11.1 Å². The lowest BCUT2D eigenvalue weighted by Crippen LogP contribution is -2.05. The van der Waals surface area contributed by atoms with E-state index >= 15 is 0 Å². The summed E-state index contributed by atoms with van der Waals surface area (Å²) in [6, 6.07) is 24.5. The third kappa shape index (κ3) is 3.67. The monoisotopic (exact) mass is 368 g/mol. The molecule has 0 saturated heterocycles. The highest BCUT2D eigenvalue weighted by molar-refractivity contribution is 5.87. The molecule has 0 atom stereocenters. The lowest BCUT2D eigenvalue weighted by Gasteiger charge is -2.16. The Labute approximate surface area is 165 Å². The SMILES string of the molecule is CCc1ccc(CC)c2nc(Nc3ccccc3)c(Nc3ccccc3)nc12. The summed E-state index contributed by atoms with van der Waals surface area (Å²) in [4.78, 5) is 10.0. The number of aromatic nitrogens is 2. The summed E-state index contributed by atoms with van der Waals surface area (Å²) in [5.74, 6) is 1.45. The molecular formula is C24H24N4. The Morgan fingerprint density at radius 3 is 1.32 bits per heavy atom. The van der Waals surface area contributed by atoms with Gasteiger partial charge in [0.05, 0.1) is 11.0 Å². The molecule has 28 heavy (non-hydrogen) atoms. The molecule has 0 spiro atoms. The van der Waals surface area contributed by atoms with Gasteiger partial charge in [-0.25, -0.2) is 9.97 Å². The lowest BCUT2D eigenvalue weighted by atomic mass is 10.0. The first-order valence-corrected chi connectivity index (χ1v) is 9.75. The third-order valence-electron chi connectivity index (χ3n) is 4.82. The van der Waals surface area contributed by atoms with Crippen LogP contribution in [0.2, 0.25) is 0 Å². The van der Waals surface area contributed by atoms with Crippen molar-refractivity contribution in [3.05, 3.63) is 83.9 Å². The van der Waals surface area contributed by atoms with Gasteiger partial charge in [0.1, 0.15) is 0 Å². The minimum Gasteiger partial charge on any atom is -0.337 e. The maximum atomic E-state index is 5.01. The fourth-order valence-electron chi connectivity index (χ4n) is 3.30. The van der Waals surface area contributed by atoms with Crippen molar-refractivity contribution in [2.75, 3.05) is 10.6 Å². The summed E-state index contributed by atoms with van der Waals surface area (Å²) in [6.07, 6.45) is 1.84. The summed E-state index contributed by atoms with van der Waals surface area (Å²) >= 11 is 0. The molecule has 0 aliphatic heterocycles. The van der Waals surface area contributed by atoms with E-state index < -0.39 is 0 Å². The third-order valence-corrected chi connectivity index (χ3v) is 4.82. The normalized spacial score (nSPS) is 10.8. The van der Waals surface area contributed by atoms with Crippen LogP contribution in [0.5, 0.6) is 0 Å². The summed E-state index contributed by atoms with van der Waals surface area (Å²) in [5.41, 5.74) is 6.33. The Balaban J connectivity index is 1.88. The van der Waals surface area contributed by atoms with Gasteiger partial charge in [-0.1, -0.05) is 62.4 Å². The molecular weight excluding hydrogens is 344 g/mol. The standard InChI is InChI=1S/C24H24N4/c1-3-17-15-16-18(4-2)22-21(17)27-23(25-19-11-7-5-8-12-19)24(28-22)26-20-13-9-6-10-14-20/h5-16H,3-4H2,1-2H3,(H,25,27)(H,26,28). The number of para-hydroxylation sites is 2. The lowest BCUT2D eigenvalue weighted by molar-refractivity contribution is 1.10. The zero-order valence-electron chi connectivity index (χ0n) is 16.2. The molecule has 0 unspecified atom stereocenters. The maximum absolute atomic E-state index is 5.01. The van der Waals surface area contributed by atoms with Crippen LogP contribution in [0.15, 0.2) is 72.8 Å². The molecule has 4 aromatic rings. The van der Waals surface area contributed by atoms with Crippen molar-refractivity contribution >= 4 is 34.0 Å². The molecule has 0 aliphatic carbocycles. The molecule has 0 fully saturated rings. The summed E-state index contributed by atoms with van der Waals surface area (Å²) in [7, 11) is 0. The van der Waals surface area contributed by atoms with Gasteiger partial charge in [-0.2, -0.15) is 0 Å². The van der Waals surface area contributed by atoms with Crippen LogP contribution < -0.4 is 10.6 Å². The van der Waals surface area contributed by atoms with Crippen LogP contribution in [-0.4, -0.2) is 9.97 Å². The van der Waals surface area contributed by atoms with Crippen LogP contribution in [-0.2, 0) is 12.8 Å². The fraction of sp³-hybridized carbons (Fsp3) is 0.167. The van der Waals surface area contributed by atoms with Gasteiger partial charge in [-0.3, -0.25) is 0 Å². The molecule has 0 bridgehead atoms. The Bertz CT molecular complexity index is 988. The van der Waals surface area contributed by atoms with Gasteiger partial charge in [0, 0.05) is 11.4 Å². The zero-order valence-corrected chi connectivity index (χ0v) is 16.2. The quantitative estimate of drug-likeness (QED) is 0.423. The summed E-state index contributed by atoms with van der Waals surface area (Å²) in [5, 5.41) is 6.88. The van der Waals surface area contributed by atoms with Crippen LogP contribution >= 0.6 is 0 Å². The van der Waals surface area contributed by atoms with Gasteiger partial charge in [-0.05, 0) is 48.2 Å². The topological polar surface area (TPSA) is 49.8 Å². The average molecular weight is 368 g/mol. The highest BCUT2D eigenvalue weighted by Gasteiger charge is 2.14. The Kier molecular flexibility index (Phi) is 5.20. The number of fused-ring (bicyclic) bond motifs is 1. The average Bonchev–Trinajstić information content (AvgIpc) is 2.75. The predicted molar refractivity (Wildman–Crippen MR) is 118 cm³/mol. The molecule has 0 amide bonds. The molecule has 4 heteroatoms. The van der Waals surface area contributed by atoms with E-state index in [4.69, 9.17) is 9.97 Å². The van der Waals surface area contributed by atoms with E-state index in [9.17, 15) is 0 Å². The molecule has 0 aliphatic rings. The van der Waals surface area contributed by atoms with Gasteiger partial charge in [-0.15, -0.1) is 0 Å². The number of nitrogens with one attached hydrogen (secondary N) is 2. The number of hydrogen-bond donors (Lipinski definition) is 2. The van der Waals surface area contributed by atoms with Gasteiger partial charge in [0.2, 0.25) is 0 Å². The van der Waals surface area contributed by atoms with Crippen molar-refractivity contribution in [2.24, 2.45) is 0 Å². The largest absolute Gasteiger partial charge is 0.337 e. The number of anilines is 4. The molecule has 140 valence electrons. The van der Waals surface area contributed by atoms with Gasteiger partial charge < -0.3 is 10.6 Å². The van der Waals surface area contributed by atoms with Crippen LogP contribution in [0.25, 0.3) is 11.0 Å². The molecule has 0 saturated carbocycles. The number of rotatable bonds is 6. The number of hydrogen-bond acceptors (Lipinski definition) is 4. The van der Waals surface area contributed by atoms with Crippen molar-refractivity contribution < 1.29 is 0 Å². The van der Waals surface area contributed by atoms with Crippen LogP contribution in [0.1, 0.15) is 25.0 Å². The van der Waals surface area contributed by atoms with E-state index in [-0.39, 0.29) is 0 Å². The highest BCUT2D eigenvalue weighted by Crippen LogP contribution is 2.30. The van der Waals surface area contributed by atoms with E-state index in [1.54, 1.807) is 0 Å². The fourth-order valence-corrected chi connectivity index (χ4v) is 3.30. The molecule has 4 rings (SSSR count). The Morgan fingerprint density at radius 2 is 0.964 bits per heavy atom. The number of nitrogens with zero attached hydrogens (tertiary/aromatic N) is 2. The first-order valence-electron chi connectivity index (χ1n) is 9.75. The summed E-state index contributed by atoms with van der Waals surface area (Å²) < 4.78 is 0. The number of benzene rings is 3. The van der Waals surface area contributed by atoms with Crippen molar-refractivity contribution in [1.29, 1.82) is 0 Å². The Morgan fingerprint density at radius 1 is 0.571 bits per heavy atom. The number of aryl methyl sites for hydroxylation is 2. The molecule has 1 aromatic heterocycles. The van der Waals surface area contributed by atoms with E-state index in [2.05, 4.69) is 36.6 Å². The second kappa shape index (κ2) is 8.09. The van der Waals surface area contributed by atoms with E-state index in [1.807, 2.05) is 60.7 Å². The first kappa shape index (κ1) is 18.0. The highest BCUT2D eigenvalue weighted by atomic mass is 15.1. The Hall–Kier alpha value is -3.40. The van der Waals surface area contributed by atoms with E-state index in [0.717, 1.165) is 46.9 Å². The molecule has 3 aromatic carbocycles. The molecule has 0 radical (unpaired) electrons. The first-order chi connectivity index (χ1) is 13.8. The van der Waals surface area contributed by atoms with Crippen molar-refractivity contribution in [3.8, 4) is 0 Å². The smallest absolute Gasteiger partial charge is 0.174 e. The van der Waals surface area contributed by atoms with Crippen LogP contribution in [0.3, 0.4) is 0 Å². The van der Waals surface area contributed by atoms with Gasteiger partial charge in [0.25, 0.3) is 0 Å². The minimum atomic E-state index is 0.727. The van der Waals surface area contributed by atoms with E-state index in [0.29, 0.717) is 0 Å². The second-order valence-corrected chi connectivity index (χ2v) is 6.69. The zero-order chi connectivity index (χ0) is 19.3. The molecule has 2 N–H and O–H groups in total. The van der Waals surface area contributed by atoms with Crippen LogP contribution in [0, 0.1) is 0 Å². The summed E-state index contributed by atoms with van der Waals surface area (Å²) in [6.45, 7) is 4.31. The van der Waals surface area contributed by atoms with Crippen LogP contribution in [0.4, 0.5) is 23.0 Å². The van der Waals surface area contributed by atoms with Gasteiger partial charge in [0.15, 0.2) is 11.6 Å². The minimum absolute atomic E-state index is 0.727. The predicted octanol–water partition coefficient (Wildman–Crippen LogP) is 6.24. The van der Waals surface area contributed by atoms with Crippen molar-refractivity contribution in [1.82, 2.24) is 9.97 Å².